The van der Waals surface area contributed by atoms with Crippen molar-refractivity contribution in [2.24, 2.45) is 4.99 Å². The van der Waals surface area contributed by atoms with Gasteiger partial charge >= 0.3 is 0 Å². The maximum Gasteiger partial charge on any atom is 0.230 e. The van der Waals surface area contributed by atoms with Crippen LogP contribution in [-0.2, 0) is 6.42 Å². The number of ether oxygens (including phenoxy) is 2. The van der Waals surface area contributed by atoms with Crippen LogP contribution in [-0.4, -0.2) is 42.5 Å². The van der Waals surface area contributed by atoms with Gasteiger partial charge in [0.15, 0.2) is 11.5 Å². The molecule has 0 aliphatic carbocycles. The van der Waals surface area contributed by atoms with Gasteiger partial charge in [0.05, 0.1) is 12.2 Å². The Morgan fingerprint density at radius 2 is 1.62 bits per heavy atom. The van der Waals surface area contributed by atoms with E-state index in [2.05, 4.69) is 47.3 Å². The van der Waals surface area contributed by atoms with Crippen molar-refractivity contribution in [3.8, 4) is 17.4 Å². The molecule has 0 atom stereocenters. The van der Waals surface area contributed by atoms with E-state index in [9.17, 15) is 0 Å². The molecule has 0 amide bonds. The standard InChI is InChI=1S/C27H31N3O2/c1-30(20-17-22-12-5-4-6-13-22)26-23-14-11-19-29-27(23)32-25-16-8-7-15-24(25)31-21-10-3-2-9-18-28-26/h4-8,11-16,19H,2-3,9-10,17-18,20-21H2,1H3. The Morgan fingerprint density at radius 1 is 0.844 bits per heavy atom. The Bertz CT molecular complexity index is 1020. The summed E-state index contributed by atoms with van der Waals surface area (Å²) in [6.45, 7) is 2.33. The molecule has 5 heteroatoms. The number of pyridine rings is 1. The lowest BCUT2D eigenvalue weighted by atomic mass is 10.1. The van der Waals surface area contributed by atoms with Crippen LogP contribution < -0.4 is 9.47 Å². The molecule has 0 unspecified atom stereocenters. The highest BCUT2D eigenvalue weighted by molar-refractivity contribution is 6.00. The van der Waals surface area contributed by atoms with E-state index in [4.69, 9.17) is 14.5 Å². The van der Waals surface area contributed by atoms with Crippen LogP contribution in [0.1, 0.15) is 36.8 Å². The van der Waals surface area contributed by atoms with Gasteiger partial charge in [0, 0.05) is 26.3 Å². The Morgan fingerprint density at radius 3 is 2.50 bits per heavy atom. The van der Waals surface area contributed by atoms with Crippen molar-refractivity contribution in [3.05, 3.63) is 84.1 Å². The molecule has 0 radical (unpaired) electrons. The number of aliphatic imine (C=N–C) groups is 1. The lowest BCUT2D eigenvalue weighted by Crippen LogP contribution is -2.30. The summed E-state index contributed by atoms with van der Waals surface area (Å²) in [6.07, 6.45) is 7.07. The molecule has 32 heavy (non-hydrogen) atoms. The monoisotopic (exact) mass is 429 g/mol. The van der Waals surface area contributed by atoms with Gasteiger partial charge in [-0.2, -0.15) is 0 Å². The van der Waals surface area contributed by atoms with Gasteiger partial charge in [0.25, 0.3) is 0 Å². The second kappa shape index (κ2) is 11.3. The number of amidine groups is 1. The van der Waals surface area contributed by atoms with Crippen LogP contribution in [0.5, 0.6) is 17.4 Å². The van der Waals surface area contributed by atoms with Crippen LogP contribution >= 0.6 is 0 Å². The summed E-state index contributed by atoms with van der Waals surface area (Å²) in [4.78, 5) is 11.8. The average Bonchev–Trinajstić information content (AvgIpc) is 2.83. The minimum absolute atomic E-state index is 0.547. The van der Waals surface area contributed by atoms with E-state index in [1.54, 1.807) is 6.20 Å². The maximum absolute atomic E-state index is 6.29. The number of fused-ring (bicyclic) bond motifs is 2. The average molecular weight is 430 g/mol. The van der Waals surface area contributed by atoms with Gasteiger partial charge in [-0.05, 0) is 55.5 Å². The lowest BCUT2D eigenvalue weighted by Gasteiger charge is -2.23. The first kappa shape index (κ1) is 21.9. The summed E-state index contributed by atoms with van der Waals surface area (Å²) in [5, 5.41) is 0. The summed E-state index contributed by atoms with van der Waals surface area (Å²) in [6, 6.07) is 22.3. The number of para-hydroxylation sites is 2. The van der Waals surface area contributed by atoms with Crippen molar-refractivity contribution in [1.29, 1.82) is 0 Å². The zero-order valence-electron chi connectivity index (χ0n) is 18.7. The zero-order valence-corrected chi connectivity index (χ0v) is 18.7. The van der Waals surface area contributed by atoms with Crippen LogP contribution in [0.25, 0.3) is 0 Å². The number of likely N-dealkylation sites (N-methyl/N-ethyl adjacent to an activating group) is 1. The first-order valence-electron chi connectivity index (χ1n) is 11.5. The number of hydrogen-bond donors (Lipinski definition) is 0. The van der Waals surface area contributed by atoms with Crippen molar-refractivity contribution in [2.45, 2.75) is 32.1 Å². The largest absolute Gasteiger partial charge is 0.490 e. The number of hydrogen-bond acceptors (Lipinski definition) is 5. The smallest absolute Gasteiger partial charge is 0.230 e. The van der Waals surface area contributed by atoms with E-state index in [0.717, 1.165) is 62.3 Å². The summed E-state index contributed by atoms with van der Waals surface area (Å²) in [5.74, 6) is 2.89. The Kier molecular flexibility index (Phi) is 7.74. The Labute approximate surface area is 190 Å². The molecule has 166 valence electrons. The molecule has 2 aromatic carbocycles. The molecule has 2 heterocycles. The molecule has 1 aliphatic rings. The molecular weight excluding hydrogens is 398 g/mol. The van der Waals surface area contributed by atoms with Crippen molar-refractivity contribution in [2.75, 3.05) is 26.7 Å². The minimum Gasteiger partial charge on any atom is -0.490 e. The van der Waals surface area contributed by atoms with Gasteiger partial charge in [-0.3, -0.25) is 4.99 Å². The molecule has 0 N–H and O–H groups in total. The van der Waals surface area contributed by atoms with Crippen LogP contribution in [0.4, 0.5) is 0 Å². The molecule has 1 aromatic heterocycles. The first-order chi connectivity index (χ1) is 15.8. The quantitative estimate of drug-likeness (QED) is 0.532. The van der Waals surface area contributed by atoms with Crippen molar-refractivity contribution in [3.63, 3.8) is 0 Å². The van der Waals surface area contributed by atoms with Crippen LogP contribution in [0, 0.1) is 0 Å². The highest BCUT2D eigenvalue weighted by Gasteiger charge is 2.18. The third kappa shape index (κ3) is 5.88. The second-order valence-electron chi connectivity index (χ2n) is 8.03. The van der Waals surface area contributed by atoms with Crippen LogP contribution in [0.3, 0.4) is 0 Å². The summed E-state index contributed by atoms with van der Waals surface area (Å²) >= 11 is 0. The molecule has 0 saturated carbocycles. The van der Waals surface area contributed by atoms with E-state index in [1.807, 2.05) is 36.4 Å². The van der Waals surface area contributed by atoms with Crippen molar-refractivity contribution in [1.82, 2.24) is 9.88 Å². The molecule has 1 aliphatic heterocycles. The van der Waals surface area contributed by atoms with Crippen LogP contribution in [0.2, 0.25) is 0 Å². The summed E-state index contributed by atoms with van der Waals surface area (Å²) in [5.41, 5.74) is 2.21. The van der Waals surface area contributed by atoms with E-state index < -0.39 is 0 Å². The van der Waals surface area contributed by atoms with E-state index >= 15 is 0 Å². The topological polar surface area (TPSA) is 47.0 Å². The second-order valence-corrected chi connectivity index (χ2v) is 8.03. The zero-order chi connectivity index (χ0) is 22.0. The highest BCUT2D eigenvalue weighted by atomic mass is 16.5. The Hall–Kier alpha value is -3.34. The number of rotatable bonds is 3. The molecule has 3 aromatic rings. The van der Waals surface area contributed by atoms with Crippen molar-refractivity contribution < 1.29 is 9.47 Å². The molecule has 5 nitrogen and oxygen atoms in total. The fraction of sp³-hybridized carbons (Fsp3) is 0.333. The minimum atomic E-state index is 0.547. The molecule has 0 saturated heterocycles. The first-order valence-corrected chi connectivity index (χ1v) is 11.5. The van der Waals surface area contributed by atoms with Gasteiger partial charge in [0.1, 0.15) is 5.84 Å². The predicted molar refractivity (Wildman–Crippen MR) is 129 cm³/mol. The lowest BCUT2D eigenvalue weighted by molar-refractivity contribution is 0.290. The highest BCUT2D eigenvalue weighted by Crippen LogP contribution is 2.32. The summed E-state index contributed by atoms with van der Waals surface area (Å²) < 4.78 is 12.3. The molecule has 4 rings (SSSR count). The van der Waals surface area contributed by atoms with Gasteiger partial charge in [-0.15, -0.1) is 0 Å². The fourth-order valence-electron chi connectivity index (χ4n) is 3.79. The molecular formula is C27H31N3O2. The molecule has 0 fully saturated rings. The molecule has 0 bridgehead atoms. The molecule has 0 spiro atoms. The van der Waals surface area contributed by atoms with Gasteiger partial charge < -0.3 is 14.4 Å². The van der Waals surface area contributed by atoms with Gasteiger partial charge in [-0.1, -0.05) is 48.9 Å². The Balaban J connectivity index is 1.63. The third-order valence-electron chi connectivity index (χ3n) is 5.58. The van der Waals surface area contributed by atoms with E-state index in [-0.39, 0.29) is 0 Å². The van der Waals surface area contributed by atoms with Crippen LogP contribution in [0.15, 0.2) is 77.9 Å². The third-order valence-corrected chi connectivity index (χ3v) is 5.58. The van der Waals surface area contributed by atoms with Crippen molar-refractivity contribution >= 4 is 5.84 Å². The number of nitrogens with zero attached hydrogens (tertiary/aromatic N) is 3. The van der Waals surface area contributed by atoms with Gasteiger partial charge in [-0.25, -0.2) is 4.98 Å². The maximum atomic E-state index is 6.29. The fourth-order valence-corrected chi connectivity index (χ4v) is 3.79. The number of aromatic nitrogens is 1. The predicted octanol–water partition coefficient (Wildman–Crippen LogP) is 5.75. The number of benzene rings is 2. The SMILES string of the molecule is CN(CCc1ccccc1)C1=NCCCCCCOc2ccccc2Oc2ncccc21. The summed E-state index contributed by atoms with van der Waals surface area (Å²) in [7, 11) is 2.10. The normalized spacial score (nSPS) is 14.6. The van der Waals surface area contributed by atoms with Gasteiger partial charge in [0.2, 0.25) is 5.88 Å². The van der Waals surface area contributed by atoms with E-state index in [0.29, 0.717) is 18.2 Å². The van der Waals surface area contributed by atoms with E-state index in [1.165, 1.54) is 5.56 Å².